The molecule has 27 heavy (non-hydrogen) atoms. The Bertz CT molecular complexity index is 940. The van der Waals surface area contributed by atoms with Crippen molar-refractivity contribution in [2.45, 2.75) is 18.9 Å². The van der Waals surface area contributed by atoms with Crippen LogP contribution in [0, 0.1) is 0 Å². The van der Waals surface area contributed by atoms with Gasteiger partial charge in [-0.15, -0.1) is 0 Å². The third-order valence-corrected chi connectivity index (χ3v) is 4.05. The highest BCUT2D eigenvalue weighted by molar-refractivity contribution is 5.99. The van der Waals surface area contributed by atoms with Crippen molar-refractivity contribution in [1.29, 1.82) is 0 Å². The summed E-state index contributed by atoms with van der Waals surface area (Å²) in [6, 6.07) is 2.89. The molecule has 9 heteroatoms. The van der Waals surface area contributed by atoms with Gasteiger partial charge in [0, 0.05) is 17.0 Å². The predicted molar refractivity (Wildman–Crippen MR) is 93.1 cm³/mol. The average Bonchev–Trinajstić information content (AvgIpc) is 2.65. The van der Waals surface area contributed by atoms with Crippen molar-refractivity contribution in [3.8, 4) is 11.5 Å². The molecule has 0 aliphatic rings. The van der Waals surface area contributed by atoms with E-state index in [0.29, 0.717) is 5.75 Å². The second kappa shape index (κ2) is 7.67. The molecule has 0 saturated heterocycles. The molecule has 9 nitrogen and oxygen atoms in total. The van der Waals surface area contributed by atoms with Gasteiger partial charge in [-0.2, -0.15) is 0 Å². The van der Waals surface area contributed by atoms with Gasteiger partial charge in [0.1, 0.15) is 22.5 Å². The molecule has 1 heterocycles. The van der Waals surface area contributed by atoms with E-state index in [1.165, 1.54) is 33.3 Å². The van der Waals surface area contributed by atoms with E-state index < -0.39 is 35.3 Å². The van der Waals surface area contributed by atoms with Crippen LogP contribution in [-0.4, -0.2) is 45.5 Å². The summed E-state index contributed by atoms with van der Waals surface area (Å²) in [6.07, 6.45) is -0.504. The Balaban J connectivity index is 3.00. The number of esters is 2. The summed E-state index contributed by atoms with van der Waals surface area (Å²) in [5, 5.41) is 11.1. The normalized spacial score (nSPS) is 13.0. The second-order valence-electron chi connectivity index (χ2n) is 5.86. The highest BCUT2D eigenvalue weighted by Crippen LogP contribution is 2.38. The minimum atomic E-state index is -1.93. The highest BCUT2D eigenvalue weighted by Gasteiger charge is 2.37. The number of carbonyl (C=O) groups excluding carboxylic acids is 2. The quantitative estimate of drug-likeness (QED) is 0.740. The fourth-order valence-corrected chi connectivity index (χ4v) is 2.81. The first-order valence-electron chi connectivity index (χ1n) is 7.81. The predicted octanol–water partition coefficient (Wildman–Crippen LogP) is 1.37. The zero-order valence-electron chi connectivity index (χ0n) is 15.6. The van der Waals surface area contributed by atoms with Crippen molar-refractivity contribution in [2.24, 2.45) is 0 Å². The smallest absolute Gasteiger partial charge is 0.374 e. The zero-order chi connectivity index (χ0) is 20.4. The van der Waals surface area contributed by atoms with Gasteiger partial charge in [-0.25, -0.2) is 9.59 Å². The maximum absolute atomic E-state index is 12.5. The number of benzene rings is 1. The van der Waals surface area contributed by atoms with Crippen LogP contribution in [0.5, 0.6) is 11.5 Å². The van der Waals surface area contributed by atoms with Gasteiger partial charge in [0.15, 0.2) is 0 Å². The first kappa shape index (κ1) is 20.2. The lowest BCUT2D eigenvalue weighted by Gasteiger charge is -2.25. The first-order valence-corrected chi connectivity index (χ1v) is 7.81. The minimum Gasteiger partial charge on any atom is -0.497 e. The van der Waals surface area contributed by atoms with Crippen LogP contribution in [0.4, 0.5) is 0 Å². The van der Waals surface area contributed by atoms with E-state index in [-0.39, 0.29) is 22.1 Å². The number of carbonyl (C=O) groups is 2. The molecular weight excluding hydrogens is 360 g/mol. The van der Waals surface area contributed by atoms with Crippen LogP contribution in [0.15, 0.2) is 21.3 Å². The lowest BCUT2D eigenvalue weighted by atomic mass is 9.87. The summed E-state index contributed by atoms with van der Waals surface area (Å²) < 4.78 is 24.8. The molecule has 0 bridgehead atoms. The van der Waals surface area contributed by atoms with Gasteiger partial charge in [-0.1, -0.05) is 0 Å². The van der Waals surface area contributed by atoms with E-state index in [1.54, 1.807) is 0 Å². The van der Waals surface area contributed by atoms with Gasteiger partial charge in [0.05, 0.1) is 34.9 Å². The Morgan fingerprint density at radius 2 is 1.78 bits per heavy atom. The van der Waals surface area contributed by atoms with Gasteiger partial charge in [0.25, 0.3) is 0 Å². The number of aliphatic hydroxyl groups is 1. The standard InChI is InChI=1S/C18H20O9/c1-18(22,8-12(19)25-4)14-10-6-9(23-2)7-11(24-3)13(10)16(20)27-15(14)17(21)26-5/h6-7,22H,8H2,1-5H3. The van der Waals surface area contributed by atoms with Crippen molar-refractivity contribution in [3.63, 3.8) is 0 Å². The van der Waals surface area contributed by atoms with E-state index in [1.807, 2.05) is 0 Å². The van der Waals surface area contributed by atoms with Crippen molar-refractivity contribution in [3.05, 3.63) is 33.9 Å². The Hall–Kier alpha value is -3.07. The Kier molecular flexibility index (Phi) is 5.75. The molecule has 2 aromatic rings. The van der Waals surface area contributed by atoms with Crippen LogP contribution in [-0.2, 0) is 19.9 Å². The second-order valence-corrected chi connectivity index (χ2v) is 5.86. The van der Waals surface area contributed by atoms with Crippen molar-refractivity contribution in [2.75, 3.05) is 28.4 Å². The molecule has 1 aromatic carbocycles. The molecule has 0 fully saturated rings. The third-order valence-electron chi connectivity index (χ3n) is 4.05. The lowest BCUT2D eigenvalue weighted by molar-refractivity contribution is -0.145. The molecule has 0 saturated carbocycles. The summed E-state index contributed by atoms with van der Waals surface area (Å²) in [4.78, 5) is 36.4. The molecule has 0 amide bonds. The minimum absolute atomic E-state index is 0.0221. The molecule has 0 aliphatic heterocycles. The van der Waals surface area contributed by atoms with Crippen LogP contribution in [0.2, 0.25) is 0 Å². The lowest BCUT2D eigenvalue weighted by Crippen LogP contribution is -2.30. The van der Waals surface area contributed by atoms with Crippen molar-refractivity contribution < 1.29 is 38.1 Å². The topological polar surface area (TPSA) is 122 Å². The molecule has 0 radical (unpaired) electrons. The van der Waals surface area contributed by atoms with Crippen LogP contribution in [0.1, 0.15) is 29.5 Å². The summed E-state index contributed by atoms with van der Waals surface area (Å²) in [5.41, 5.74) is -2.92. The molecule has 1 atom stereocenters. The van der Waals surface area contributed by atoms with Crippen LogP contribution >= 0.6 is 0 Å². The van der Waals surface area contributed by atoms with Gasteiger partial charge < -0.3 is 28.5 Å². The van der Waals surface area contributed by atoms with Crippen molar-refractivity contribution >= 4 is 22.7 Å². The fourth-order valence-electron chi connectivity index (χ4n) is 2.81. The van der Waals surface area contributed by atoms with Crippen LogP contribution in [0.3, 0.4) is 0 Å². The SMILES string of the molecule is COC(=O)CC(C)(O)c1c(C(=O)OC)oc(=O)c2c(OC)cc(OC)cc12. The fraction of sp³-hybridized carbons (Fsp3) is 0.389. The number of fused-ring (bicyclic) bond motifs is 1. The first-order chi connectivity index (χ1) is 12.7. The largest absolute Gasteiger partial charge is 0.497 e. The average molecular weight is 380 g/mol. The summed E-state index contributed by atoms with van der Waals surface area (Å²) in [6.45, 7) is 1.29. The van der Waals surface area contributed by atoms with E-state index in [0.717, 1.165) is 14.2 Å². The van der Waals surface area contributed by atoms with Gasteiger partial charge in [-0.05, 0) is 13.0 Å². The van der Waals surface area contributed by atoms with E-state index in [4.69, 9.17) is 13.9 Å². The van der Waals surface area contributed by atoms with Crippen LogP contribution in [0.25, 0.3) is 10.8 Å². The summed E-state index contributed by atoms with van der Waals surface area (Å²) >= 11 is 0. The van der Waals surface area contributed by atoms with Gasteiger partial charge >= 0.3 is 17.6 Å². The molecule has 2 rings (SSSR count). The zero-order valence-corrected chi connectivity index (χ0v) is 15.6. The number of hydrogen-bond donors (Lipinski definition) is 1. The summed E-state index contributed by atoms with van der Waals surface area (Å²) in [7, 11) is 5.00. The Labute approximate surface area is 154 Å². The number of rotatable bonds is 6. The van der Waals surface area contributed by atoms with Gasteiger partial charge in [0.2, 0.25) is 5.76 Å². The maximum Gasteiger partial charge on any atom is 0.374 e. The third kappa shape index (κ3) is 3.72. The number of hydrogen-bond acceptors (Lipinski definition) is 9. The van der Waals surface area contributed by atoms with E-state index in [2.05, 4.69) is 9.47 Å². The molecule has 1 unspecified atom stereocenters. The van der Waals surface area contributed by atoms with E-state index >= 15 is 0 Å². The monoisotopic (exact) mass is 380 g/mol. The Morgan fingerprint density at radius 3 is 2.30 bits per heavy atom. The Morgan fingerprint density at radius 1 is 1.11 bits per heavy atom. The molecule has 0 aliphatic carbocycles. The highest BCUT2D eigenvalue weighted by atomic mass is 16.5. The summed E-state index contributed by atoms with van der Waals surface area (Å²) in [5.74, 6) is -1.83. The number of ether oxygens (including phenoxy) is 4. The molecule has 1 aromatic heterocycles. The maximum atomic E-state index is 12.5. The number of methoxy groups -OCH3 is 4. The molecule has 1 N–H and O–H groups in total. The molecular formula is C18H20O9. The van der Waals surface area contributed by atoms with Crippen LogP contribution < -0.4 is 15.1 Å². The molecule has 146 valence electrons. The van der Waals surface area contributed by atoms with Crippen molar-refractivity contribution in [1.82, 2.24) is 0 Å². The molecule has 0 spiro atoms. The van der Waals surface area contributed by atoms with Gasteiger partial charge in [-0.3, -0.25) is 4.79 Å². The van der Waals surface area contributed by atoms with E-state index in [9.17, 15) is 19.5 Å².